The number of amides is 3. The molecule has 0 atom stereocenters. The van der Waals surface area contributed by atoms with Gasteiger partial charge in [0.1, 0.15) is 5.54 Å². The zero-order chi connectivity index (χ0) is 14.2. The quantitative estimate of drug-likeness (QED) is 0.739. The van der Waals surface area contributed by atoms with E-state index in [9.17, 15) is 9.59 Å². The van der Waals surface area contributed by atoms with Gasteiger partial charge in [-0.2, -0.15) is 5.10 Å². The van der Waals surface area contributed by atoms with E-state index < -0.39 is 5.54 Å². The number of carbonyl (C=O) groups is 2. The Morgan fingerprint density at radius 1 is 1.35 bits per heavy atom. The normalized spacial score (nSPS) is 21.6. The number of rotatable bonds is 3. The number of hydrogen-bond donors (Lipinski definition) is 2. The average Bonchev–Trinajstić information content (AvgIpc) is 2.93. The standard InChI is InChI=1S/C13H19N5O2/c1-17-10(2-6-15-17)3-9-18-11(19)13(16-12(18)20)4-7-14-8-5-13/h2,6,14H,3-5,7-9H2,1H3,(H,16,20). The molecule has 0 unspecified atom stereocenters. The third kappa shape index (κ3) is 2.07. The highest BCUT2D eigenvalue weighted by molar-refractivity contribution is 6.07. The van der Waals surface area contributed by atoms with E-state index in [2.05, 4.69) is 15.7 Å². The molecule has 0 bridgehead atoms. The first-order valence-electron chi connectivity index (χ1n) is 6.94. The smallest absolute Gasteiger partial charge is 0.323 e. The fraction of sp³-hybridized carbons (Fsp3) is 0.615. The first-order valence-corrected chi connectivity index (χ1v) is 6.94. The summed E-state index contributed by atoms with van der Waals surface area (Å²) in [5.41, 5.74) is 0.339. The maximum Gasteiger partial charge on any atom is 0.325 e. The summed E-state index contributed by atoms with van der Waals surface area (Å²) in [5.74, 6) is -0.0776. The largest absolute Gasteiger partial charge is 0.325 e. The zero-order valence-corrected chi connectivity index (χ0v) is 11.6. The fourth-order valence-corrected chi connectivity index (χ4v) is 2.94. The van der Waals surface area contributed by atoms with Crippen molar-refractivity contribution in [2.45, 2.75) is 24.8 Å². The summed E-state index contributed by atoms with van der Waals surface area (Å²) >= 11 is 0. The summed E-state index contributed by atoms with van der Waals surface area (Å²) in [7, 11) is 1.86. The first-order chi connectivity index (χ1) is 9.62. The van der Waals surface area contributed by atoms with Crippen LogP contribution in [0.25, 0.3) is 0 Å². The van der Waals surface area contributed by atoms with Gasteiger partial charge >= 0.3 is 6.03 Å². The number of urea groups is 1. The van der Waals surface area contributed by atoms with Crippen molar-refractivity contribution in [3.05, 3.63) is 18.0 Å². The number of aryl methyl sites for hydroxylation is 1. The molecular weight excluding hydrogens is 258 g/mol. The van der Waals surface area contributed by atoms with Crippen LogP contribution < -0.4 is 10.6 Å². The summed E-state index contributed by atoms with van der Waals surface area (Å²) in [6, 6.07) is 1.64. The van der Waals surface area contributed by atoms with Crippen LogP contribution in [0.15, 0.2) is 12.3 Å². The SMILES string of the molecule is Cn1nccc1CCN1C(=O)NC2(CCNCC2)C1=O. The third-order valence-electron chi connectivity index (χ3n) is 4.22. The molecule has 0 aromatic carbocycles. The molecule has 108 valence electrons. The van der Waals surface area contributed by atoms with E-state index in [0.29, 0.717) is 25.8 Å². The van der Waals surface area contributed by atoms with Crippen molar-refractivity contribution in [1.82, 2.24) is 25.3 Å². The lowest BCUT2D eigenvalue weighted by Crippen LogP contribution is -2.53. The van der Waals surface area contributed by atoms with E-state index in [4.69, 9.17) is 0 Å². The van der Waals surface area contributed by atoms with Crippen LogP contribution in [0.4, 0.5) is 4.79 Å². The number of imide groups is 1. The lowest BCUT2D eigenvalue weighted by atomic mass is 9.88. The van der Waals surface area contributed by atoms with Crippen LogP contribution in [-0.4, -0.2) is 51.8 Å². The molecule has 1 aromatic heterocycles. The van der Waals surface area contributed by atoms with Gasteiger partial charge in [0.05, 0.1) is 0 Å². The number of carbonyl (C=O) groups excluding carboxylic acids is 2. The van der Waals surface area contributed by atoms with Gasteiger partial charge < -0.3 is 10.6 Å². The minimum Gasteiger partial charge on any atom is -0.323 e. The maximum absolute atomic E-state index is 12.5. The topological polar surface area (TPSA) is 79.3 Å². The van der Waals surface area contributed by atoms with Gasteiger partial charge in [-0.05, 0) is 32.0 Å². The minimum absolute atomic E-state index is 0.0776. The van der Waals surface area contributed by atoms with Crippen LogP contribution in [0.5, 0.6) is 0 Å². The van der Waals surface area contributed by atoms with E-state index >= 15 is 0 Å². The van der Waals surface area contributed by atoms with E-state index in [0.717, 1.165) is 18.8 Å². The van der Waals surface area contributed by atoms with Crippen LogP contribution in [0.1, 0.15) is 18.5 Å². The predicted octanol–water partition coefficient (Wildman–Crippen LogP) is -0.363. The lowest BCUT2D eigenvalue weighted by molar-refractivity contribution is -0.132. The molecule has 0 aliphatic carbocycles. The minimum atomic E-state index is -0.672. The Labute approximate surface area is 117 Å². The Kier molecular flexibility index (Phi) is 3.21. The fourth-order valence-electron chi connectivity index (χ4n) is 2.94. The Hall–Kier alpha value is -1.89. The van der Waals surface area contributed by atoms with Crippen LogP contribution in [-0.2, 0) is 18.3 Å². The second-order valence-corrected chi connectivity index (χ2v) is 5.42. The van der Waals surface area contributed by atoms with E-state index in [-0.39, 0.29) is 11.9 Å². The molecule has 2 N–H and O–H groups in total. The zero-order valence-electron chi connectivity index (χ0n) is 11.6. The van der Waals surface area contributed by atoms with Gasteiger partial charge in [-0.15, -0.1) is 0 Å². The van der Waals surface area contributed by atoms with E-state index in [1.165, 1.54) is 4.90 Å². The van der Waals surface area contributed by atoms with Crippen LogP contribution in [0, 0.1) is 0 Å². The molecule has 7 heteroatoms. The Morgan fingerprint density at radius 2 is 2.10 bits per heavy atom. The lowest BCUT2D eigenvalue weighted by Gasteiger charge is -2.31. The van der Waals surface area contributed by atoms with Crippen LogP contribution in [0.3, 0.4) is 0 Å². The molecule has 2 saturated heterocycles. The predicted molar refractivity (Wildman–Crippen MR) is 72.0 cm³/mol. The van der Waals surface area contributed by atoms with Crippen molar-refractivity contribution in [1.29, 1.82) is 0 Å². The number of hydrogen-bond acceptors (Lipinski definition) is 4. The summed E-state index contributed by atoms with van der Waals surface area (Å²) in [6.45, 7) is 1.93. The third-order valence-corrected chi connectivity index (χ3v) is 4.22. The second-order valence-electron chi connectivity index (χ2n) is 5.42. The summed E-state index contributed by atoms with van der Waals surface area (Å²) in [6.07, 6.45) is 3.68. The van der Waals surface area contributed by atoms with Gasteiger partial charge in [0, 0.05) is 31.9 Å². The number of nitrogens with zero attached hydrogens (tertiary/aromatic N) is 3. The molecule has 1 aromatic rings. The Morgan fingerprint density at radius 3 is 2.75 bits per heavy atom. The molecule has 3 rings (SSSR count). The van der Waals surface area contributed by atoms with Crippen molar-refractivity contribution in [2.24, 2.45) is 7.05 Å². The number of aromatic nitrogens is 2. The highest BCUT2D eigenvalue weighted by atomic mass is 16.2. The van der Waals surface area contributed by atoms with Crippen molar-refractivity contribution < 1.29 is 9.59 Å². The summed E-state index contributed by atoms with van der Waals surface area (Å²) in [5, 5.41) is 10.2. The van der Waals surface area contributed by atoms with Gasteiger partial charge in [0.2, 0.25) is 0 Å². The van der Waals surface area contributed by atoms with Crippen molar-refractivity contribution in [3.8, 4) is 0 Å². The molecule has 0 radical (unpaired) electrons. The van der Waals surface area contributed by atoms with Gasteiger partial charge in [-0.1, -0.05) is 0 Å². The molecule has 3 amide bonds. The Balaban J connectivity index is 1.69. The molecular formula is C13H19N5O2. The molecule has 20 heavy (non-hydrogen) atoms. The van der Waals surface area contributed by atoms with Gasteiger partial charge in [-0.3, -0.25) is 14.4 Å². The molecule has 3 heterocycles. The molecule has 2 aliphatic heterocycles. The summed E-state index contributed by atoms with van der Waals surface area (Å²) in [4.78, 5) is 25.9. The van der Waals surface area contributed by atoms with Gasteiger partial charge in [0.15, 0.2) is 0 Å². The van der Waals surface area contributed by atoms with Gasteiger partial charge in [0.25, 0.3) is 5.91 Å². The molecule has 0 saturated carbocycles. The van der Waals surface area contributed by atoms with Crippen LogP contribution in [0.2, 0.25) is 0 Å². The monoisotopic (exact) mass is 277 g/mol. The van der Waals surface area contributed by atoms with E-state index in [1.807, 2.05) is 13.1 Å². The van der Waals surface area contributed by atoms with Gasteiger partial charge in [-0.25, -0.2) is 4.79 Å². The molecule has 1 spiro atoms. The summed E-state index contributed by atoms with van der Waals surface area (Å²) < 4.78 is 1.76. The van der Waals surface area contributed by atoms with Crippen LogP contribution >= 0.6 is 0 Å². The van der Waals surface area contributed by atoms with Crippen molar-refractivity contribution in [2.75, 3.05) is 19.6 Å². The van der Waals surface area contributed by atoms with Crippen molar-refractivity contribution >= 4 is 11.9 Å². The van der Waals surface area contributed by atoms with Crippen molar-refractivity contribution in [3.63, 3.8) is 0 Å². The maximum atomic E-state index is 12.5. The van der Waals surface area contributed by atoms with E-state index in [1.54, 1.807) is 10.9 Å². The highest BCUT2D eigenvalue weighted by Crippen LogP contribution is 2.26. The number of piperidine rings is 1. The molecule has 7 nitrogen and oxygen atoms in total. The Bertz CT molecular complexity index is 533. The molecule has 2 aliphatic rings. The second kappa shape index (κ2) is 4.90. The molecule has 2 fully saturated rings. The number of nitrogens with one attached hydrogen (secondary N) is 2. The average molecular weight is 277 g/mol. The first kappa shape index (κ1) is 13.1. The highest BCUT2D eigenvalue weighted by Gasteiger charge is 2.51.